The van der Waals surface area contributed by atoms with Crippen molar-refractivity contribution in [2.45, 2.75) is 26.0 Å². The quantitative estimate of drug-likeness (QED) is 0.474. The molecule has 2 aromatic carbocycles. The van der Waals surface area contributed by atoms with Gasteiger partial charge < -0.3 is 19.0 Å². The van der Waals surface area contributed by atoms with Crippen LogP contribution in [0.5, 0.6) is 5.75 Å². The lowest BCUT2D eigenvalue weighted by Crippen LogP contribution is -2.29. The molecule has 0 aliphatic rings. The first-order valence-electron chi connectivity index (χ1n) is 10.3. The molecule has 170 valence electrons. The van der Waals surface area contributed by atoms with Crippen LogP contribution in [0.1, 0.15) is 41.5 Å². The van der Waals surface area contributed by atoms with E-state index in [2.05, 4.69) is 4.98 Å². The van der Waals surface area contributed by atoms with Crippen LogP contribution in [-0.2, 0) is 0 Å². The zero-order valence-electron chi connectivity index (χ0n) is 18.4. The molecule has 8 heteroatoms. The highest BCUT2D eigenvalue weighted by Crippen LogP contribution is 2.30. The number of halogens is 2. The Morgan fingerprint density at radius 3 is 2.33 bits per heavy atom. The monoisotopic (exact) mass is 451 g/mol. The number of rotatable bonds is 6. The molecule has 4 rings (SSSR count). The van der Waals surface area contributed by atoms with Crippen LogP contribution < -0.4 is 10.3 Å². The van der Waals surface area contributed by atoms with Gasteiger partial charge in [-0.1, -0.05) is 18.2 Å². The van der Waals surface area contributed by atoms with Crippen LogP contribution >= 0.6 is 0 Å². The third-order valence-corrected chi connectivity index (χ3v) is 5.61. The number of imidazole rings is 1. The van der Waals surface area contributed by atoms with Crippen molar-refractivity contribution in [2.24, 2.45) is 0 Å². The first-order chi connectivity index (χ1) is 15.8. The molecule has 0 amide bonds. The van der Waals surface area contributed by atoms with Crippen molar-refractivity contribution in [3.63, 3.8) is 0 Å². The smallest absolute Gasteiger partial charge is 0.257 e. The summed E-state index contributed by atoms with van der Waals surface area (Å²) < 4.78 is 36.2. The fourth-order valence-corrected chi connectivity index (χ4v) is 3.78. The van der Waals surface area contributed by atoms with Crippen molar-refractivity contribution in [2.75, 3.05) is 7.11 Å². The summed E-state index contributed by atoms with van der Waals surface area (Å²) in [5.74, 6) is -0.618. The Balaban J connectivity index is 1.73. The average molecular weight is 451 g/mol. The Bertz CT molecular complexity index is 1350. The van der Waals surface area contributed by atoms with Crippen LogP contribution in [0.25, 0.3) is 5.69 Å². The van der Waals surface area contributed by atoms with Crippen LogP contribution in [0.4, 0.5) is 8.78 Å². The highest BCUT2D eigenvalue weighted by Gasteiger charge is 2.21. The number of aliphatic hydroxyl groups is 1. The number of aromatic nitrogens is 3. The predicted molar refractivity (Wildman–Crippen MR) is 120 cm³/mol. The number of benzene rings is 2. The highest BCUT2D eigenvalue weighted by molar-refractivity contribution is 5.50. The zero-order chi connectivity index (χ0) is 23.7. The summed E-state index contributed by atoms with van der Waals surface area (Å²) in [4.78, 5) is 17.4. The molecule has 0 saturated heterocycles. The number of aryl methyl sites for hydroxylation is 1. The molecule has 2 atom stereocenters. The van der Waals surface area contributed by atoms with E-state index in [0.717, 1.165) is 18.0 Å². The van der Waals surface area contributed by atoms with E-state index in [1.54, 1.807) is 36.0 Å². The molecular formula is C25H23F2N3O3. The second kappa shape index (κ2) is 8.99. The van der Waals surface area contributed by atoms with E-state index in [1.165, 1.54) is 35.9 Å². The zero-order valence-corrected chi connectivity index (χ0v) is 18.4. The summed E-state index contributed by atoms with van der Waals surface area (Å²) in [6.45, 7) is 3.57. The van der Waals surface area contributed by atoms with Crippen molar-refractivity contribution < 1.29 is 18.6 Å². The maximum atomic E-state index is 14.5. The summed E-state index contributed by atoms with van der Waals surface area (Å²) >= 11 is 0. The number of ether oxygens (including phenoxy) is 1. The van der Waals surface area contributed by atoms with Gasteiger partial charge in [-0.15, -0.1) is 0 Å². The lowest BCUT2D eigenvalue weighted by atomic mass is 10.0. The summed E-state index contributed by atoms with van der Waals surface area (Å²) in [5, 5.41) is 11.0. The lowest BCUT2D eigenvalue weighted by Gasteiger charge is -2.19. The fourth-order valence-electron chi connectivity index (χ4n) is 3.78. The van der Waals surface area contributed by atoms with Gasteiger partial charge in [-0.2, -0.15) is 0 Å². The normalized spacial score (nSPS) is 13.0. The van der Waals surface area contributed by atoms with Gasteiger partial charge in [0.15, 0.2) is 0 Å². The van der Waals surface area contributed by atoms with Crippen molar-refractivity contribution in [3.8, 4) is 11.4 Å². The Labute approximate surface area is 189 Å². The molecular weight excluding hydrogens is 428 g/mol. The van der Waals surface area contributed by atoms with E-state index in [0.29, 0.717) is 22.6 Å². The summed E-state index contributed by atoms with van der Waals surface area (Å²) in [7, 11) is 1.50. The van der Waals surface area contributed by atoms with Gasteiger partial charge >= 0.3 is 0 Å². The number of aliphatic hydroxyl groups excluding tert-OH is 1. The van der Waals surface area contributed by atoms with Gasteiger partial charge in [-0.25, -0.2) is 13.8 Å². The van der Waals surface area contributed by atoms with Crippen molar-refractivity contribution in [1.82, 2.24) is 14.1 Å². The minimum absolute atomic E-state index is 0.114. The molecule has 2 aromatic heterocycles. The number of pyridine rings is 1. The standard InChI is InChI=1S/C25H23F2N3O3/c1-15-12-29(14-28-15)22-9-6-18(10-23(22)33-3)24(31)21-11-20(27)13-30(25(21)32)16(2)17-4-7-19(26)8-5-17/h4-14,16,24,31H,1-3H3/t16-,24?/m0/s1. The first kappa shape index (κ1) is 22.4. The molecule has 1 N–H and O–H groups in total. The van der Waals surface area contributed by atoms with Crippen LogP contribution in [0.3, 0.4) is 0 Å². The number of hydrogen-bond donors (Lipinski definition) is 1. The molecule has 6 nitrogen and oxygen atoms in total. The Morgan fingerprint density at radius 2 is 1.70 bits per heavy atom. The maximum absolute atomic E-state index is 14.5. The third-order valence-electron chi connectivity index (χ3n) is 5.61. The Kier molecular flexibility index (Phi) is 6.11. The molecule has 0 aliphatic heterocycles. The molecule has 33 heavy (non-hydrogen) atoms. The minimum atomic E-state index is -1.38. The van der Waals surface area contributed by atoms with Crippen molar-refractivity contribution in [3.05, 3.63) is 112 Å². The average Bonchev–Trinajstić information content (AvgIpc) is 3.25. The number of nitrogens with zero attached hydrogens (tertiary/aromatic N) is 3. The second-order valence-electron chi connectivity index (χ2n) is 7.81. The molecule has 1 unspecified atom stereocenters. The third kappa shape index (κ3) is 4.42. The van der Waals surface area contributed by atoms with Gasteiger partial charge in [0.25, 0.3) is 5.56 Å². The molecule has 0 saturated carbocycles. The largest absolute Gasteiger partial charge is 0.495 e. The molecule has 0 bridgehead atoms. The van der Waals surface area contributed by atoms with Gasteiger partial charge in [0.1, 0.15) is 23.5 Å². The lowest BCUT2D eigenvalue weighted by molar-refractivity contribution is 0.216. The molecule has 4 aromatic rings. The van der Waals surface area contributed by atoms with Crippen LogP contribution in [0.2, 0.25) is 0 Å². The highest BCUT2D eigenvalue weighted by atomic mass is 19.1. The Morgan fingerprint density at radius 1 is 1.00 bits per heavy atom. The van der Waals surface area contributed by atoms with Gasteiger partial charge in [0.2, 0.25) is 0 Å². The van der Waals surface area contributed by atoms with Gasteiger partial charge in [0, 0.05) is 12.4 Å². The van der Waals surface area contributed by atoms with Gasteiger partial charge in [-0.05, 0) is 55.3 Å². The maximum Gasteiger partial charge on any atom is 0.257 e. The molecule has 2 heterocycles. The van der Waals surface area contributed by atoms with E-state index in [-0.39, 0.29) is 5.56 Å². The number of methoxy groups -OCH3 is 1. The second-order valence-corrected chi connectivity index (χ2v) is 7.81. The summed E-state index contributed by atoms with van der Waals surface area (Å²) in [6, 6.07) is 11.1. The van der Waals surface area contributed by atoms with E-state index in [1.807, 2.05) is 13.1 Å². The fraction of sp³-hybridized carbons (Fsp3) is 0.200. The molecule has 0 radical (unpaired) electrons. The van der Waals surface area contributed by atoms with Crippen LogP contribution in [0.15, 0.2) is 72.0 Å². The van der Waals surface area contributed by atoms with E-state index < -0.39 is 29.3 Å². The van der Waals surface area contributed by atoms with Crippen LogP contribution in [-0.4, -0.2) is 26.3 Å². The van der Waals surface area contributed by atoms with Gasteiger partial charge in [-0.3, -0.25) is 4.79 Å². The van der Waals surface area contributed by atoms with Gasteiger partial charge in [0.05, 0.1) is 36.4 Å². The molecule has 0 spiro atoms. The summed E-state index contributed by atoms with van der Waals surface area (Å²) in [5.41, 5.74) is 1.88. The topological polar surface area (TPSA) is 69.3 Å². The molecule has 0 fully saturated rings. The first-order valence-corrected chi connectivity index (χ1v) is 10.3. The van der Waals surface area contributed by atoms with E-state index >= 15 is 0 Å². The van der Waals surface area contributed by atoms with E-state index in [4.69, 9.17) is 4.74 Å². The SMILES string of the molecule is COc1cc(C(O)c2cc(F)cn([C@@H](C)c3ccc(F)cc3)c2=O)ccc1-n1cnc(C)c1. The Hall–Kier alpha value is -3.78. The van der Waals surface area contributed by atoms with Crippen molar-refractivity contribution >= 4 is 0 Å². The minimum Gasteiger partial charge on any atom is -0.495 e. The van der Waals surface area contributed by atoms with Crippen molar-refractivity contribution in [1.29, 1.82) is 0 Å². The summed E-state index contributed by atoms with van der Waals surface area (Å²) in [6.07, 6.45) is 3.17. The van der Waals surface area contributed by atoms with Crippen LogP contribution in [0, 0.1) is 18.6 Å². The predicted octanol–water partition coefficient (Wildman–Crippen LogP) is 4.32. The molecule has 0 aliphatic carbocycles. The number of hydrogen-bond acceptors (Lipinski definition) is 4. The van der Waals surface area contributed by atoms with E-state index in [9.17, 15) is 18.7 Å².